The lowest BCUT2D eigenvalue weighted by molar-refractivity contribution is -0.123. The van der Waals surface area contributed by atoms with Crippen LogP contribution in [-0.4, -0.2) is 22.9 Å². The number of carbonyl (C=O) groups excluding carboxylic acids is 2. The number of imide groups is 1. The van der Waals surface area contributed by atoms with E-state index in [1.807, 2.05) is 12.2 Å². The van der Waals surface area contributed by atoms with Crippen molar-refractivity contribution in [2.75, 3.05) is 4.90 Å². The van der Waals surface area contributed by atoms with Gasteiger partial charge < -0.3 is 5.11 Å². The Labute approximate surface area is 120 Å². The molecule has 0 spiro atoms. The number of rotatable bonds is 2. The van der Waals surface area contributed by atoms with Crippen molar-refractivity contribution in [3.63, 3.8) is 0 Å². The van der Waals surface area contributed by atoms with E-state index in [0.717, 1.165) is 6.42 Å². The molecule has 1 heterocycles. The van der Waals surface area contributed by atoms with Gasteiger partial charge in [0.05, 0.1) is 23.1 Å². The summed E-state index contributed by atoms with van der Waals surface area (Å²) in [6.07, 6.45) is 5.00. The third-order valence-electron chi connectivity index (χ3n) is 4.84. The number of benzene rings is 1. The molecule has 5 nitrogen and oxygen atoms in total. The van der Waals surface area contributed by atoms with Crippen LogP contribution in [0.2, 0.25) is 0 Å². The number of carboxylic acids is 1. The highest BCUT2D eigenvalue weighted by Gasteiger charge is 2.59. The molecule has 2 unspecified atom stereocenters. The quantitative estimate of drug-likeness (QED) is 0.662. The molecular formula is C16H13NO4. The molecule has 2 aliphatic carbocycles. The number of hydrogen-bond acceptors (Lipinski definition) is 3. The maximum absolute atomic E-state index is 12.6. The second-order valence-electron chi connectivity index (χ2n) is 5.86. The lowest BCUT2D eigenvalue weighted by Gasteiger charge is -2.17. The van der Waals surface area contributed by atoms with Gasteiger partial charge >= 0.3 is 5.97 Å². The molecule has 106 valence electrons. The van der Waals surface area contributed by atoms with Crippen LogP contribution in [0.15, 0.2) is 36.4 Å². The van der Waals surface area contributed by atoms with Crippen LogP contribution in [0.5, 0.6) is 0 Å². The molecule has 2 fully saturated rings. The van der Waals surface area contributed by atoms with E-state index < -0.39 is 5.97 Å². The Morgan fingerprint density at radius 3 is 2.00 bits per heavy atom. The molecule has 1 saturated carbocycles. The highest BCUT2D eigenvalue weighted by molar-refractivity contribution is 6.22. The minimum atomic E-state index is -1.03. The molecule has 2 bridgehead atoms. The minimum absolute atomic E-state index is 0.139. The highest BCUT2D eigenvalue weighted by Crippen LogP contribution is 2.53. The van der Waals surface area contributed by atoms with E-state index in [4.69, 9.17) is 5.11 Å². The predicted molar refractivity (Wildman–Crippen MR) is 73.6 cm³/mol. The molecule has 0 aromatic heterocycles. The third-order valence-corrected chi connectivity index (χ3v) is 4.84. The fourth-order valence-corrected chi connectivity index (χ4v) is 3.91. The number of hydrogen-bond donors (Lipinski definition) is 1. The largest absolute Gasteiger partial charge is 0.478 e. The number of carboxylic acid groups (broad SMARTS) is 1. The van der Waals surface area contributed by atoms with Gasteiger partial charge in [0.2, 0.25) is 11.8 Å². The van der Waals surface area contributed by atoms with Crippen LogP contribution in [0.25, 0.3) is 0 Å². The number of aromatic carboxylic acids is 1. The number of carbonyl (C=O) groups is 3. The van der Waals surface area contributed by atoms with Gasteiger partial charge in [-0.05, 0) is 42.5 Å². The topological polar surface area (TPSA) is 74.7 Å². The van der Waals surface area contributed by atoms with Crippen molar-refractivity contribution in [3.8, 4) is 0 Å². The van der Waals surface area contributed by atoms with Crippen LogP contribution in [-0.2, 0) is 9.59 Å². The Morgan fingerprint density at radius 1 is 1.00 bits per heavy atom. The molecular weight excluding hydrogens is 270 g/mol. The van der Waals surface area contributed by atoms with Crippen LogP contribution in [0.3, 0.4) is 0 Å². The van der Waals surface area contributed by atoms with E-state index in [-0.39, 0.29) is 41.0 Å². The molecule has 3 aliphatic rings. The lowest BCUT2D eigenvalue weighted by Crippen LogP contribution is -2.32. The first-order valence-electron chi connectivity index (χ1n) is 6.97. The lowest BCUT2D eigenvalue weighted by atomic mass is 9.85. The molecule has 0 radical (unpaired) electrons. The smallest absolute Gasteiger partial charge is 0.335 e. The number of nitrogens with zero attached hydrogens (tertiary/aromatic N) is 1. The van der Waals surface area contributed by atoms with Gasteiger partial charge in [-0.25, -0.2) is 4.79 Å². The van der Waals surface area contributed by atoms with Crippen molar-refractivity contribution < 1.29 is 19.5 Å². The summed E-state index contributed by atoms with van der Waals surface area (Å²) in [6, 6.07) is 5.88. The number of fused-ring (bicyclic) bond motifs is 5. The molecule has 4 atom stereocenters. The number of allylic oxidation sites excluding steroid dienone is 2. The summed E-state index contributed by atoms with van der Waals surface area (Å²) in [7, 11) is 0. The van der Waals surface area contributed by atoms with E-state index >= 15 is 0 Å². The van der Waals surface area contributed by atoms with E-state index in [0.29, 0.717) is 5.69 Å². The van der Waals surface area contributed by atoms with Gasteiger partial charge in [-0.1, -0.05) is 12.2 Å². The Kier molecular flexibility index (Phi) is 2.37. The number of amides is 2. The van der Waals surface area contributed by atoms with E-state index in [2.05, 4.69) is 0 Å². The molecule has 1 aromatic carbocycles. The van der Waals surface area contributed by atoms with Gasteiger partial charge in [-0.15, -0.1) is 0 Å². The first-order valence-corrected chi connectivity index (χ1v) is 6.97. The second kappa shape index (κ2) is 4.04. The van der Waals surface area contributed by atoms with Crippen molar-refractivity contribution in [1.82, 2.24) is 0 Å². The summed E-state index contributed by atoms with van der Waals surface area (Å²) < 4.78 is 0. The molecule has 4 rings (SSSR count). The number of anilines is 1. The van der Waals surface area contributed by atoms with Gasteiger partial charge in [0.15, 0.2) is 0 Å². The Morgan fingerprint density at radius 2 is 1.52 bits per heavy atom. The van der Waals surface area contributed by atoms with Gasteiger partial charge in [0.25, 0.3) is 0 Å². The average Bonchev–Trinajstić information content (AvgIpc) is 3.13. The van der Waals surface area contributed by atoms with Crippen molar-refractivity contribution >= 4 is 23.5 Å². The summed E-state index contributed by atoms with van der Waals surface area (Å²) in [5.41, 5.74) is 0.601. The van der Waals surface area contributed by atoms with Crippen molar-refractivity contribution in [1.29, 1.82) is 0 Å². The van der Waals surface area contributed by atoms with Crippen LogP contribution in [0, 0.1) is 23.7 Å². The summed E-state index contributed by atoms with van der Waals surface area (Å²) in [6.45, 7) is 0. The van der Waals surface area contributed by atoms with Crippen molar-refractivity contribution in [3.05, 3.63) is 42.0 Å². The molecule has 1 saturated heterocycles. The Hall–Kier alpha value is -2.43. The minimum Gasteiger partial charge on any atom is -0.478 e. The predicted octanol–water partition coefficient (Wildman–Crippen LogP) is 1.70. The zero-order valence-electron chi connectivity index (χ0n) is 11.1. The van der Waals surface area contributed by atoms with Crippen LogP contribution in [0.1, 0.15) is 16.8 Å². The fraction of sp³-hybridized carbons (Fsp3) is 0.312. The summed E-state index contributed by atoms with van der Waals surface area (Å²) in [4.78, 5) is 37.2. The molecule has 1 N–H and O–H groups in total. The van der Waals surface area contributed by atoms with Gasteiger partial charge in [0, 0.05) is 0 Å². The van der Waals surface area contributed by atoms with Crippen LogP contribution >= 0.6 is 0 Å². The summed E-state index contributed by atoms with van der Waals surface area (Å²) >= 11 is 0. The SMILES string of the molecule is O=C(O)c1ccc(N2C(=O)C3C(C2=O)[C@H]2C=C[C@@H]3C2)cc1. The van der Waals surface area contributed by atoms with E-state index in [1.165, 1.54) is 29.2 Å². The maximum Gasteiger partial charge on any atom is 0.335 e. The Bertz CT molecular complexity index is 661. The Balaban J connectivity index is 1.69. The normalized spacial score (nSPS) is 32.9. The maximum atomic E-state index is 12.6. The first kappa shape index (κ1) is 12.3. The summed E-state index contributed by atoms with van der Waals surface area (Å²) in [5.74, 6) is -1.42. The zero-order chi connectivity index (χ0) is 14.7. The zero-order valence-corrected chi connectivity index (χ0v) is 11.1. The summed E-state index contributed by atoms with van der Waals surface area (Å²) in [5, 5.41) is 8.90. The van der Waals surface area contributed by atoms with Crippen molar-refractivity contribution in [2.45, 2.75) is 6.42 Å². The highest BCUT2D eigenvalue weighted by atomic mass is 16.4. The molecule has 2 amide bonds. The molecule has 1 aromatic rings. The molecule has 5 heteroatoms. The van der Waals surface area contributed by atoms with E-state index in [9.17, 15) is 14.4 Å². The van der Waals surface area contributed by atoms with Gasteiger partial charge in [-0.3, -0.25) is 14.5 Å². The van der Waals surface area contributed by atoms with Crippen LogP contribution in [0.4, 0.5) is 5.69 Å². The second-order valence-corrected chi connectivity index (χ2v) is 5.86. The van der Waals surface area contributed by atoms with Crippen molar-refractivity contribution in [2.24, 2.45) is 23.7 Å². The molecule has 1 aliphatic heterocycles. The fourth-order valence-electron chi connectivity index (χ4n) is 3.91. The first-order chi connectivity index (χ1) is 10.1. The standard InChI is InChI=1S/C16H13NO4/c18-14-12-9-1-2-10(7-9)13(12)15(19)17(14)11-5-3-8(4-6-11)16(20)21/h1-6,9-10,12-13H,7H2,(H,20,21)/t9-,10+,12?,13?. The average molecular weight is 283 g/mol. The van der Waals surface area contributed by atoms with E-state index in [1.54, 1.807) is 0 Å². The van der Waals surface area contributed by atoms with Crippen LogP contribution < -0.4 is 4.90 Å². The molecule has 21 heavy (non-hydrogen) atoms. The van der Waals surface area contributed by atoms with Gasteiger partial charge in [0.1, 0.15) is 0 Å². The van der Waals surface area contributed by atoms with Gasteiger partial charge in [-0.2, -0.15) is 0 Å². The monoisotopic (exact) mass is 283 g/mol. The third kappa shape index (κ3) is 1.54.